The highest BCUT2D eigenvalue weighted by molar-refractivity contribution is 5.98. The molecular weight excluding hydrogens is 483 g/mol. The Bertz CT molecular complexity index is 1370. The normalized spacial score (nSPS) is 15.5. The van der Waals surface area contributed by atoms with Gasteiger partial charge in [0, 0.05) is 24.2 Å². The van der Waals surface area contributed by atoms with Gasteiger partial charge < -0.3 is 15.8 Å². The van der Waals surface area contributed by atoms with Crippen LogP contribution in [0.2, 0.25) is 0 Å². The van der Waals surface area contributed by atoms with Crippen LogP contribution in [0.1, 0.15) is 12.5 Å². The van der Waals surface area contributed by atoms with Crippen LogP contribution in [-0.2, 0) is 0 Å². The maximum atomic E-state index is 15.1. The van der Waals surface area contributed by atoms with Gasteiger partial charge >= 0.3 is 0 Å². The van der Waals surface area contributed by atoms with Crippen molar-refractivity contribution >= 4 is 29.3 Å². The summed E-state index contributed by atoms with van der Waals surface area (Å²) in [6, 6.07) is 3.28. The summed E-state index contributed by atoms with van der Waals surface area (Å²) in [5.41, 5.74) is 6.64. The maximum absolute atomic E-state index is 15.1. The molecule has 1 aliphatic rings. The van der Waals surface area contributed by atoms with Gasteiger partial charge in [0.05, 0.1) is 11.4 Å². The third-order valence-electron chi connectivity index (χ3n) is 5.39. The SMILES string of the molecule is Cl.Nc1ncnc2c1c(-c1ccc(Oc3c(F)c(F)cc(F)c3F)cc1F)nn2[C@@H]1CCNC1. The zero-order valence-electron chi connectivity index (χ0n) is 17.2. The number of hydrogen-bond donors (Lipinski definition) is 2. The van der Waals surface area contributed by atoms with Gasteiger partial charge in [-0.05, 0) is 25.1 Å². The second-order valence-electron chi connectivity index (χ2n) is 7.44. The van der Waals surface area contributed by atoms with Gasteiger partial charge in [-0.3, -0.25) is 0 Å². The first kappa shape index (κ1) is 23.6. The number of rotatable bonds is 4. The fourth-order valence-electron chi connectivity index (χ4n) is 3.80. The van der Waals surface area contributed by atoms with Gasteiger partial charge in [-0.2, -0.15) is 13.9 Å². The van der Waals surface area contributed by atoms with E-state index in [0.29, 0.717) is 17.6 Å². The number of nitrogens with one attached hydrogen (secondary N) is 1. The second kappa shape index (κ2) is 9.03. The van der Waals surface area contributed by atoms with E-state index in [1.54, 1.807) is 4.68 Å². The average Bonchev–Trinajstić information content (AvgIpc) is 3.44. The van der Waals surface area contributed by atoms with Gasteiger partial charge in [-0.25, -0.2) is 27.8 Å². The van der Waals surface area contributed by atoms with E-state index < -0.39 is 34.8 Å². The summed E-state index contributed by atoms with van der Waals surface area (Å²) in [6.07, 6.45) is 2.08. The minimum atomic E-state index is -1.74. The molecule has 2 aromatic carbocycles. The lowest BCUT2D eigenvalue weighted by atomic mass is 10.1. The van der Waals surface area contributed by atoms with Crippen LogP contribution in [0.4, 0.5) is 27.8 Å². The third-order valence-corrected chi connectivity index (χ3v) is 5.39. The molecule has 13 heteroatoms. The Hall–Kier alpha value is -3.51. The van der Waals surface area contributed by atoms with E-state index in [1.165, 1.54) is 18.5 Å². The molecule has 2 aromatic heterocycles. The predicted octanol–water partition coefficient (Wildman–Crippen LogP) is 4.52. The van der Waals surface area contributed by atoms with Crippen molar-refractivity contribution in [1.82, 2.24) is 25.1 Å². The molecule has 0 bridgehead atoms. The van der Waals surface area contributed by atoms with Crippen molar-refractivity contribution in [2.75, 3.05) is 18.8 Å². The number of hydrogen-bond acceptors (Lipinski definition) is 6. The Kier molecular flexibility index (Phi) is 6.28. The molecule has 0 amide bonds. The number of nitrogens with zero attached hydrogens (tertiary/aromatic N) is 4. The first-order valence-corrected chi connectivity index (χ1v) is 9.85. The molecule has 0 saturated carbocycles. The van der Waals surface area contributed by atoms with Gasteiger partial charge in [-0.1, -0.05) is 0 Å². The van der Waals surface area contributed by atoms with Gasteiger partial charge in [0.25, 0.3) is 0 Å². The molecule has 1 fully saturated rings. The summed E-state index contributed by atoms with van der Waals surface area (Å²) in [7, 11) is 0. The van der Waals surface area contributed by atoms with Gasteiger partial charge in [0.15, 0.2) is 17.3 Å². The summed E-state index contributed by atoms with van der Waals surface area (Å²) in [4.78, 5) is 8.22. The van der Waals surface area contributed by atoms with Crippen LogP contribution < -0.4 is 15.8 Å². The van der Waals surface area contributed by atoms with Crippen LogP contribution in [0.15, 0.2) is 30.6 Å². The fourth-order valence-corrected chi connectivity index (χ4v) is 3.80. The molecule has 1 aliphatic heterocycles. The van der Waals surface area contributed by atoms with E-state index in [-0.39, 0.29) is 47.3 Å². The van der Waals surface area contributed by atoms with E-state index in [2.05, 4.69) is 20.4 Å². The van der Waals surface area contributed by atoms with Crippen molar-refractivity contribution in [2.45, 2.75) is 12.5 Å². The third kappa shape index (κ3) is 3.88. The molecule has 0 aliphatic carbocycles. The second-order valence-corrected chi connectivity index (χ2v) is 7.44. The van der Waals surface area contributed by atoms with Gasteiger partial charge in [0.1, 0.15) is 29.4 Å². The molecule has 34 heavy (non-hydrogen) atoms. The van der Waals surface area contributed by atoms with Gasteiger partial charge in [0.2, 0.25) is 17.4 Å². The van der Waals surface area contributed by atoms with E-state index in [9.17, 15) is 17.6 Å². The quantitative estimate of drug-likeness (QED) is 0.317. The molecule has 1 atom stereocenters. The van der Waals surface area contributed by atoms with E-state index in [0.717, 1.165) is 19.0 Å². The van der Waals surface area contributed by atoms with E-state index in [1.807, 2.05) is 0 Å². The van der Waals surface area contributed by atoms with Crippen molar-refractivity contribution in [2.24, 2.45) is 0 Å². The van der Waals surface area contributed by atoms with Crippen LogP contribution >= 0.6 is 12.4 Å². The molecule has 7 nitrogen and oxygen atoms in total. The molecule has 3 N–H and O–H groups in total. The Balaban J connectivity index is 0.00000274. The lowest BCUT2D eigenvalue weighted by Gasteiger charge is -2.10. The molecule has 0 unspecified atom stereocenters. The lowest BCUT2D eigenvalue weighted by molar-refractivity contribution is 0.365. The zero-order chi connectivity index (χ0) is 23.3. The van der Waals surface area contributed by atoms with Gasteiger partial charge in [-0.15, -0.1) is 12.4 Å². The number of halogens is 6. The number of anilines is 1. The van der Waals surface area contributed by atoms with Crippen molar-refractivity contribution in [3.8, 4) is 22.8 Å². The number of aromatic nitrogens is 4. The molecule has 3 heterocycles. The summed E-state index contributed by atoms with van der Waals surface area (Å²) in [6.45, 7) is 1.44. The van der Waals surface area contributed by atoms with E-state index >= 15 is 4.39 Å². The number of nitrogens with two attached hydrogens (primary N) is 1. The molecule has 5 rings (SSSR count). The van der Waals surface area contributed by atoms with Crippen molar-refractivity contribution in [1.29, 1.82) is 0 Å². The lowest BCUT2D eigenvalue weighted by Crippen LogP contribution is -2.15. The smallest absolute Gasteiger partial charge is 0.204 e. The summed E-state index contributed by atoms with van der Waals surface area (Å²) in [5.74, 6) is -9.23. The molecular formula is C21H16ClF5N6O. The van der Waals surface area contributed by atoms with E-state index in [4.69, 9.17) is 10.5 Å². The van der Waals surface area contributed by atoms with Crippen molar-refractivity contribution < 1.29 is 26.7 Å². The Morgan fingerprint density at radius 3 is 2.38 bits per heavy atom. The number of fused-ring (bicyclic) bond motifs is 1. The van der Waals surface area contributed by atoms with Crippen molar-refractivity contribution in [3.05, 3.63) is 59.7 Å². The highest BCUT2D eigenvalue weighted by atomic mass is 35.5. The Morgan fingerprint density at radius 2 is 1.74 bits per heavy atom. The summed E-state index contributed by atoms with van der Waals surface area (Å²) < 4.78 is 76.3. The van der Waals surface area contributed by atoms with Crippen LogP contribution in [0.5, 0.6) is 11.5 Å². The topological polar surface area (TPSA) is 90.9 Å². The van der Waals surface area contributed by atoms with Crippen LogP contribution in [-0.4, -0.2) is 32.8 Å². The number of nitrogen functional groups attached to an aromatic ring is 1. The zero-order valence-corrected chi connectivity index (χ0v) is 18.0. The summed E-state index contributed by atoms with van der Waals surface area (Å²) in [5, 5.41) is 8.09. The first-order valence-electron chi connectivity index (χ1n) is 9.85. The average molecular weight is 499 g/mol. The molecule has 0 radical (unpaired) electrons. The molecule has 0 spiro atoms. The maximum Gasteiger partial charge on any atom is 0.204 e. The van der Waals surface area contributed by atoms with Crippen LogP contribution in [0.3, 0.4) is 0 Å². The first-order chi connectivity index (χ1) is 15.8. The fraction of sp³-hybridized carbons (Fsp3) is 0.190. The number of benzene rings is 2. The molecule has 4 aromatic rings. The number of ether oxygens (including phenoxy) is 1. The largest absolute Gasteiger partial charge is 0.451 e. The molecule has 1 saturated heterocycles. The molecule has 178 valence electrons. The minimum absolute atomic E-state index is 0. The Labute approximate surface area is 195 Å². The predicted molar refractivity (Wildman–Crippen MR) is 115 cm³/mol. The highest BCUT2D eigenvalue weighted by Gasteiger charge is 2.26. The van der Waals surface area contributed by atoms with Crippen LogP contribution in [0, 0.1) is 29.1 Å². The Morgan fingerprint density at radius 1 is 1.00 bits per heavy atom. The standard InChI is InChI=1S/C21H15F5N6O.ClH/c22-12-5-10(33-19-16(25)13(23)6-14(24)17(19)26)1-2-11(12)18-15-20(27)29-8-30-21(15)32(31-18)9-3-4-28-7-9;/h1-2,5-6,8-9,28H,3-4,7H2,(H2,27,29,30);1H/t9-;/m1./s1. The monoisotopic (exact) mass is 498 g/mol. The van der Waals surface area contributed by atoms with Crippen LogP contribution in [0.25, 0.3) is 22.3 Å². The highest BCUT2D eigenvalue weighted by Crippen LogP contribution is 2.37. The van der Waals surface area contributed by atoms with Crippen molar-refractivity contribution in [3.63, 3.8) is 0 Å². The minimum Gasteiger partial charge on any atom is -0.451 e. The summed E-state index contributed by atoms with van der Waals surface area (Å²) >= 11 is 0.